The molecule has 2 aliphatic rings. The lowest BCUT2D eigenvalue weighted by Gasteiger charge is -2.37. The third-order valence-corrected chi connectivity index (χ3v) is 7.18. The van der Waals surface area contributed by atoms with Gasteiger partial charge in [-0.3, -0.25) is 0 Å². The second kappa shape index (κ2) is 11.5. The van der Waals surface area contributed by atoms with E-state index >= 15 is 0 Å². The summed E-state index contributed by atoms with van der Waals surface area (Å²) in [7, 11) is 0. The molecule has 29 heavy (non-hydrogen) atoms. The van der Waals surface area contributed by atoms with Crippen LogP contribution in [0.1, 0.15) is 89.5 Å². The van der Waals surface area contributed by atoms with Crippen LogP contribution in [0, 0.1) is 47.1 Å². The van der Waals surface area contributed by atoms with Crippen LogP contribution in [0.15, 0.2) is 30.4 Å². The van der Waals surface area contributed by atoms with Gasteiger partial charge in [-0.05, 0) is 86.5 Å². The quantitative estimate of drug-likeness (QED) is 0.336. The molecule has 0 N–H and O–H groups in total. The fraction of sp³-hybridized carbons (Fsp3) is 0.630. The van der Waals surface area contributed by atoms with Gasteiger partial charge in [-0.1, -0.05) is 63.4 Å². The molecule has 0 unspecified atom stereocenters. The van der Waals surface area contributed by atoms with E-state index in [1.807, 2.05) is 6.08 Å². The first-order valence-electron chi connectivity index (χ1n) is 11.8. The summed E-state index contributed by atoms with van der Waals surface area (Å²) in [6.07, 6.45) is 20.9. The van der Waals surface area contributed by atoms with Gasteiger partial charge in [0.15, 0.2) is 11.6 Å². The SMILES string of the molecule is CCCCC[C@H]1CC[C@H](C2CCC(C=CC#Cc3ccc(F)c(F)c3)CC2)CC1. The van der Waals surface area contributed by atoms with Crippen molar-refractivity contribution < 1.29 is 8.78 Å². The molecule has 2 fully saturated rings. The normalized spacial score (nSPS) is 27.6. The smallest absolute Gasteiger partial charge is 0.160 e. The second-order valence-electron chi connectivity index (χ2n) is 9.21. The van der Waals surface area contributed by atoms with Crippen LogP contribution in [0.2, 0.25) is 0 Å². The van der Waals surface area contributed by atoms with Gasteiger partial charge in [-0.2, -0.15) is 0 Å². The van der Waals surface area contributed by atoms with Crippen LogP contribution in [-0.2, 0) is 0 Å². The molecule has 0 bridgehead atoms. The van der Waals surface area contributed by atoms with E-state index in [2.05, 4.69) is 24.8 Å². The largest absolute Gasteiger partial charge is 0.204 e. The van der Waals surface area contributed by atoms with Gasteiger partial charge in [-0.25, -0.2) is 8.78 Å². The van der Waals surface area contributed by atoms with Crippen molar-refractivity contribution in [3.63, 3.8) is 0 Å². The van der Waals surface area contributed by atoms with Gasteiger partial charge >= 0.3 is 0 Å². The monoisotopic (exact) mass is 398 g/mol. The maximum absolute atomic E-state index is 13.2. The third-order valence-electron chi connectivity index (χ3n) is 7.18. The number of rotatable bonds is 6. The number of hydrogen-bond acceptors (Lipinski definition) is 0. The first-order valence-corrected chi connectivity index (χ1v) is 11.8. The highest BCUT2D eigenvalue weighted by Gasteiger charge is 2.30. The molecule has 158 valence electrons. The predicted octanol–water partition coefficient (Wildman–Crippen LogP) is 8.07. The van der Waals surface area contributed by atoms with E-state index < -0.39 is 11.6 Å². The van der Waals surface area contributed by atoms with Crippen molar-refractivity contribution in [3.8, 4) is 11.8 Å². The standard InChI is InChI=1S/C27H36F2/c1-2-3-4-7-21-10-15-24(16-11-21)25-17-12-22(13-18-25)8-5-6-9-23-14-19-26(28)27(29)20-23/h5,8,14,19-22,24-25H,2-4,7,10-13,15-18H2,1H3/t21-,22?,24-,25?. The van der Waals surface area contributed by atoms with Crippen molar-refractivity contribution in [3.05, 3.63) is 47.5 Å². The number of halogens is 2. The lowest BCUT2D eigenvalue weighted by Crippen LogP contribution is -2.25. The van der Waals surface area contributed by atoms with Gasteiger partial charge in [0, 0.05) is 5.56 Å². The van der Waals surface area contributed by atoms with E-state index in [-0.39, 0.29) is 0 Å². The molecule has 3 rings (SSSR count). The zero-order valence-corrected chi connectivity index (χ0v) is 17.9. The van der Waals surface area contributed by atoms with Gasteiger partial charge in [0.25, 0.3) is 0 Å². The third kappa shape index (κ3) is 6.98. The highest BCUT2D eigenvalue weighted by molar-refractivity contribution is 5.37. The molecular formula is C27H36F2. The van der Waals surface area contributed by atoms with Crippen LogP contribution < -0.4 is 0 Å². The Bertz CT molecular complexity index is 708. The maximum Gasteiger partial charge on any atom is 0.160 e. The Morgan fingerprint density at radius 3 is 2.24 bits per heavy atom. The van der Waals surface area contributed by atoms with Gasteiger partial charge in [0.1, 0.15) is 0 Å². The molecule has 0 radical (unpaired) electrons. The molecule has 0 aliphatic heterocycles. The van der Waals surface area contributed by atoms with Crippen LogP contribution in [0.25, 0.3) is 0 Å². The predicted molar refractivity (Wildman–Crippen MR) is 117 cm³/mol. The summed E-state index contributed by atoms with van der Waals surface area (Å²) in [5.74, 6) is 7.73. The molecule has 0 spiro atoms. The van der Waals surface area contributed by atoms with Crippen molar-refractivity contribution in [1.29, 1.82) is 0 Å². The average molecular weight is 399 g/mol. The lowest BCUT2D eigenvalue weighted by atomic mass is 9.68. The molecule has 0 saturated heterocycles. The Kier molecular flexibility index (Phi) is 8.78. The van der Waals surface area contributed by atoms with Crippen molar-refractivity contribution in [2.45, 2.75) is 84.0 Å². The van der Waals surface area contributed by atoms with Gasteiger partial charge in [0.05, 0.1) is 0 Å². The summed E-state index contributed by atoms with van der Waals surface area (Å²) >= 11 is 0. The molecule has 1 aromatic rings. The topological polar surface area (TPSA) is 0 Å². The summed E-state index contributed by atoms with van der Waals surface area (Å²) in [5.41, 5.74) is 0.516. The zero-order chi connectivity index (χ0) is 20.5. The van der Waals surface area contributed by atoms with Gasteiger partial charge in [-0.15, -0.1) is 0 Å². The molecule has 0 amide bonds. The van der Waals surface area contributed by atoms with Crippen LogP contribution in [0.5, 0.6) is 0 Å². The van der Waals surface area contributed by atoms with Crippen molar-refractivity contribution in [1.82, 2.24) is 0 Å². The van der Waals surface area contributed by atoms with E-state index in [9.17, 15) is 8.78 Å². The number of benzene rings is 1. The van der Waals surface area contributed by atoms with Gasteiger partial charge in [0.2, 0.25) is 0 Å². The number of unbranched alkanes of at least 4 members (excludes halogenated alkanes) is 2. The van der Waals surface area contributed by atoms with Crippen molar-refractivity contribution >= 4 is 0 Å². The summed E-state index contributed by atoms with van der Waals surface area (Å²) in [4.78, 5) is 0. The molecule has 0 heterocycles. The molecular weight excluding hydrogens is 362 g/mol. The Balaban J connectivity index is 1.37. The number of allylic oxidation sites excluding steroid dienone is 2. The summed E-state index contributed by atoms with van der Waals surface area (Å²) in [6, 6.07) is 3.80. The van der Waals surface area contributed by atoms with Crippen LogP contribution in [0.3, 0.4) is 0 Å². The fourth-order valence-corrected chi connectivity index (χ4v) is 5.32. The van der Waals surface area contributed by atoms with E-state index in [0.29, 0.717) is 11.5 Å². The minimum Gasteiger partial charge on any atom is -0.204 e. The summed E-state index contributed by atoms with van der Waals surface area (Å²) in [6.45, 7) is 2.29. The van der Waals surface area contributed by atoms with E-state index in [1.165, 1.54) is 83.1 Å². The Labute approximate surface area is 176 Å². The Morgan fingerprint density at radius 2 is 1.59 bits per heavy atom. The first kappa shape index (κ1) is 22.1. The minimum atomic E-state index is -0.839. The minimum absolute atomic E-state index is 0.516. The highest BCUT2D eigenvalue weighted by atomic mass is 19.2. The molecule has 2 saturated carbocycles. The summed E-state index contributed by atoms with van der Waals surface area (Å²) in [5, 5.41) is 0. The van der Waals surface area contributed by atoms with E-state index in [4.69, 9.17) is 0 Å². The molecule has 0 nitrogen and oxygen atoms in total. The second-order valence-corrected chi connectivity index (χ2v) is 9.21. The Hall–Kier alpha value is -1.62. The summed E-state index contributed by atoms with van der Waals surface area (Å²) < 4.78 is 26.1. The zero-order valence-electron chi connectivity index (χ0n) is 17.9. The fourth-order valence-electron chi connectivity index (χ4n) is 5.32. The molecule has 0 aromatic heterocycles. The lowest BCUT2D eigenvalue weighted by molar-refractivity contribution is 0.151. The first-order chi connectivity index (χ1) is 14.2. The van der Waals surface area contributed by atoms with Gasteiger partial charge < -0.3 is 0 Å². The van der Waals surface area contributed by atoms with E-state index in [0.717, 1.165) is 29.9 Å². The van der Waals surface area contributed by atoms with Crippen LogP contribution >= 0.6 is 0 Å². The van der Waals surface area contributed by atoms with Crippen LogP contribution in [0.4, 0.5) is 8.78 Å². The maximum atomic E-state index is 13.2. The molecule has 1 aromatic carbocycles. The molecule has 2 heteroatoms. The molecule has 0 atom stereocenters. The average Bonchev–Trinajstić information content (AvgIpc) is 2.75. The van der Waals surface area contributed by atoms with Crippen molar-refractivity contribution in [2.24, 2.45) is 23.7 Å². The van der Waals surface area contributed by atoms with E-state index in [1.54, 1.807) is 0 Å². The van der Waals surface area contributed by atoms with Crippen molar-refractivity contribution in [2.75, 3.05) is 0 Å². The van der Waals surface area contributed by atoms with Crippen LogP contribution in [-0.4, -0.2) is 0 Å². The molecule has 2 aliphatic carbocycles. The number of hydrogen-bond donors (Lipinski definition) is 0. The highest BCUT2D eigenvalue weighted by Crippen LogP contribution is 2.42. The Morgan fingerprint density at radius 1 is 0.897 bits per heavy atom.